The van der Waals surface area contributed by atoms with Crippen molar-refractivity contribution in [3.63, 3.8) is 0 Å². The van der Waals surface area contributed by atoms with Crippen molar-refractivity contribution in [3.05, 3.63) is 34.3 Å². The predicted molar refractivity (Wildman–Crippen MR) is 79.0 cm³/mol. The topological polar surface area (TPSA) is 66.4 Å². The number of aliphatic carboxylic acids is 1. The number of amides is 1. The number of hydrogen-bond acceptors (Lipinski definition) is 2. The van der Waals surface area contributed by atoms with E-state index in [4.69, 9.17) is 0 Å². The zero-order chi connectivity index (χ0) is 14.7. The van der Waals surface area contributed by atoms with Crippen molar-refractivity contribution in [3.8, 4) is 0 Å². The maximum atomic E-state index is 12.2. The van der Waals surface area contributed by atoms with E-state index in [1.807, 2.05) is 31.2 Å². The molecule has 1 aromatic carbocycles. The van der Waals surface area contributed by atoms with Crippen LogP contribution in [0.2, 0.25) is 0 Å². The molecule has 20 heavy (non-hydrogen) atoms. The molecule has 1 aliphatic rings. The molecule has 0 aliphatic heterocycles. The molecular weight excluding hydrogens is 322 g/mol. The Balaban J connectivity index is 1.96. The fourth-order valence-corrected chi connectivity index (χ4v) is 3.27. The van der Waals surface area contributed by atoms with Crippen molar-refractivity contribution in [2.75, 3.05) is 0 Å². The van der Waals surface area contributed by atoms with Gasteiger partial charge in [-0.3, -0.25) is 9.59 Å². The van der Waals surface area contributed by atoms with Gasteiger partial charge in [0.2, 0.25) is 5.91 Å². The second kappa shape index (κ2) is 6.39. The lowest BCUT2D eigenvalue weighted by molar-refractivity contribution is -0.146. The Morgan fingerprint density at radius 1 is 1.35 bits per heavy atom. The first kappa shape index (κ1) is 15.0. The van der Waals surface area contributed by atoms with Gasteiger partial charge >= 0.3 is 5.97 Å². The lowest BCUT2D eigenvalue weighted by Gasteiger charge is -2.15. The maximum absolute atomic E-state index is 12.2. The maximum Gasteiger partial charge on any atom is 0.307 e. The number of carboxylic acids is 1. The molecule has 0 aromatic heterocycles. The summed E-state index contributed by atoms with van der Waals surface area (Å²) in [7, 11) is 0. The molecule has 2 rings (SSSR count). The first-order valence-corrected chi connectivity index (χ1v) is 7.51. The highest BCUT2D eigenvalue weighted by Gasteiger charge is 2.40. The summed E-state index contributed by atoms with van der Waals surface area (Å²) < 4.78 is 0.960. The minimum atomic E-state index is -0.864. The lowest BCUT2D eigenvalue weighted by atomic mass is 9.95. The zero-order valence-electron chi connectivity index (χ0n) is 11.3. The molecule has 1 saturated carbocycles. The van der Waals surface area contributed by atoms with Gasteiger partial charge in [0, 0.05) is 11.0 Å². The van der Waals surface area contributed by atoms with Crippen molar-refractivity contribution < 1.29 is 14.7 Å². The number of carbonyl (C=O) groups excluding carboxylic acids is 1. The van der Waals surface area contributed by atoms with E-state index in [-0.39, 0.29) is 11.8 Å². The van der Waals surface area contributed by atoms with Crippen LogP contribution in [0.4, 0.5) is 0 Å². The third-order valence-electron chi connectivity index (χ3n) is 3.81. The fraction of sp³-hybridized carbons (Fsp3) is 0.467. The summed E-state index contributed by atoms with van der Waals surface area (Å²) in [4.78, 5) is 23.4. The van der Waals surface area contributed by atoms with E-state index < -0.39 is 17.8 Å². The normalized spacial score (nSPS) is 25.4. The predicted octanol–water partition coefficient (Wildman–Crippen LogP) is 2.81. The van der Waals surface area contributed by atoms with Crippen molar-refractivity contribution in [2.24, 2.45) is 17.8 Å². The number of halogens is 1. The molecule has 1 aromatic rings. The summed E-state index contributed by atoms with van der Waals surface area (Å²) in [5.41, 5.74) is 0.991. The minimum absolute atomic E-state index is 0.151. The molecule has 1 amide bonds. The molecule has 3 unspecified atom stereocenters. The van der Waals surface area contributed by atoms with E-state index in [1.165, 1.54) is 0 Å². The van der Waals surface area contributed by atoms with Crippen LogP contribution in [-0.4, -0.2) is 17.0 Å². The summed E-state index contributed by atoms with van der Waals surface area (Å²) >= 11 is 3.38. The molecule has 1 aliphatic carbocycles. The molecule has 5 heteroatoms. The number of carboxylic acid groups (broad SMARTS) is 1. The number of carbonyl (C=O) groups is 2. The van der Waals surface area contributed by atoms with E-state index in [0.29, 0.717) is 19.4 Å². The first-order chi connectivity index (χ1) is 9.47. The van der Waals surface area contributed by atoms with Crippen LogP contribution >= 0.6 is 15.9 Å². The van der Waals surface area contributed by atoms with Crippen molar-refractivity contribution >= 4 is 27.8 Å². The van der Waals surface area contributed by atoms with E-state index in [2.05, 4.69) is 21.2 Å². The van der Waals surface area contributed by atoms with Crippen LogP contribution in [0.25, 0.3) is 0 Å². The van der Waals surface area contributed by atoms with Gasteiger partial charge in [0.1, 0.15) is 0 Å². The van der Waals surface area contributed by atoms with Crippen LogP contribution in [0.15, 0.2) is 28.7 Å². The Morgan fingerprint density at radius 2 is 2.05 bits per heavy atom. The SMILES string of the molecule is CC1CC(C(=O)O)C(C(=O)NCc2cccc(Br)c2)C1. The van der Waals surface area contributed by atoms with Crippen molar-refractivity contribution in [2.45, 2.75) is 26.3 Å². The average Bonchev–Trinajstić information content (AvgIpc) is 2.78. The van der Waals surface area contributed by atoms with Gasteiger partial charge in [-0.2, -0.15) is 0 Å². The number of rotatable bonds is 4. The quantitative estimate of drug-likeness (QED) is 0.886. The Kier molecular flexibility index (Phi) is 4.81. The molecule has 3 atom stereocenters. The first-order valence-electron chi connectivity index (χ1n) is 6.72. The standard InChI is InChI=1S/C15H18BrNO3/c1-9-5-12(13(6-9)15(19)20)14(18)17-8-10-3-2-4-11(16)7-10/h2-4,7,9,12-13H,5-6,8H2,1H3,(H,17,18)(H,19,20). The van der Waals surface area contributed by atoms with E-state index >= 15 is 0 Å². The summed E-state index contributed by atoms with van der Waals surface area (Å²) in [5, 5.41) is 12.0. The smallest absolute Gasteiger partial charge is 0.307 e. The van der Waals surface area contributed by atoms with Crippen LogP contribution in [0.1, 0.15) is 25.3 Å². The Morgan fingerprint density at radius 3 is 2.70 bits per heavy atom. The molecule has 1 fully saturated rings. The van der Waals surface area contributed by atoms with Gasteiger partial charge in [0.05, 0.1) is 11.8 Å². The van der Waals surface area contributed by atoms with Crippen LogP contribution in [0.5, 0.6) is 0 Å². The zero-order valence-corrected chi connectivity index (χ0v) is 12.9. The van der Waals surface area contributed by atoms with Gasteiger partial charge in [-0.1, -0.05) is 35.0 Å². The van der Waals surface area contributed by atoms with E-state index in [9.17, 15) is 14.7 Å². The lowest BCUT2D eigenvalue weighted by Crippen LogP contribution is -2.34. The molecular formula is C15H18BrNO3. The summed E-state index contributed by atoms with van der Waals surface area (Å²) in [6, 6.07) is 7.69. The monoisotopic (exact) mass is 339 g/mol. The van der Waals surface area contributed by atoms with Gasteiger partial charge in [-0.15, -0.1) is 0 Å². The molecule has 108 valence electrons. The van der Waals surface area contributed by atoms with Gasteiger partial charge in [-0.05, 0) is 36.5 Å². The van der Waals surface area contributed by atoms with Crippen molar-refractivity contribution in [1.29, 1.82) is 0 Å². The van der Waals surface area contributed by atoms with E-state index in [1.54, 1.807) is 0 Å². The third kappa shape index (κ3) is 3.60. The molecule has 0 heterocycles. The van der Waals surface area contributed by atoms with Crippen LogP contribution in [-0.2, 0) is 16.1 Å². The van der Waals surface area contributed by atoms with Gasteiger partial charge in [0.25, 0.3) is 0 Å². The second-order valence-corrected chi connectivity index (χ2v) is 6.39. The number of benzene rings is 1. The number of hydrogen-bond donors (Lipinski definition) is 2. The summed E-state index contributed by atoms with van der Waals surface area (Å²) in [6.45, 7) is 2.42. The highest BCUT2D eigenvalue weighted by molar-refractivity contribution is 9.10. The number of nitrogens with one attached hydrogen (secondary N) is 1. The van der Waals surface area contributed by atoms with Crippen molar-refractivity contribution in [1.82, 2.24) is 5.32 Å². The largest absolute Gasteiger partial charge is 0.481 e. The molecule has 2 N–H and O–H groups in total. The Hall–Kier alpha value is -1.36. The molecule has 4 nitrogen and oxygen atoms in total. The minimum Gasteiger partial charge on any atom is -0.481 e. The van der Waals surface area contributed by atoms with Gasteiger partial charge in [-0.25, -0.2) is 0 Å². The van der Waals surface area contributed by atoms with Gasteiger partial charge in [0.15, 0.2) is 0 Å². The van der Waals surface area contributed by atoms with Crippen LogP contribution < -0.4 is 5.32 Å². The molecule has 0 bridgehead atoms. The van der Waals surface area contributed by atoms with Crippen LogP contribution in [0.3, 0.4) is 0 Å². The highest BCUT2D eigenvalue weighted by atomic mass is 79.9. The Labute approximate surface area is 126 Å². The molecule has 0 radical (unpaired) electrons. The fourth-order valence-electron chi connectivity index (χ4n) is 2.82. The summed E-state index contributed by atoms with van der Waals surface area (Å²) in [5.74, 6) is -1.68. The van der Waals surface area contributed by atoms with E-state index in [0.717, 1.165) is 10.0 Å². The highest BCUT2D eigenvalue weighted by Crippen LogP contribution is 2.36. The molecule has 0 spiro atoms. The second-order valence-electron chi connectivity index (χ2n) is 5.48. The molecule has 0 saturated heterocycles. The third-order valence-corrected chi connectivity index (χ3v) is 4.30. The van der Waals surface area contributed by atoms with Crippen LogP contribution in [0, 0.1) is 17.8 Å². The summed E-state index contributed by atoms with van der Waals surface area (Å²) in [6.07, 6.45) is 1.24. The van der Waals surface area contributed by atoms with Gasteiger partial charge < -0.3 is 10.4 Å². The average molecular weight is 340 g/mol. The Bertz CT molecular complexity index is 518.